The molecule has 0 aliphatic carbocycles. The van der Waals surface area contributed by atoms with Crippen molar-refractivity contribution in [2.45, 2.75) is 19.9 Å². The zero-order valence-electron chi connectivity index (χ0n) is 9.54. The van der Waals surface area contributed by atoms with Gasteiger partial charge in [0.15, 0.2) is 0 Å². The van der Waals surface area contributed by atoms with Gasteiger partial charge in [0.1, 0.15) is 5.69 Å². The standard InChI is InChI=1S/C12H16N4/c1-9(2)12(13)11-8-14-16(15-11)10-6-4-3-5-7-10/h3-9,12H,13H2,1-2H3. The fourth-order valence-electron chi connectivity index (χ4n) is 1.45. The second-order valence-electron chi connectivity index (χ2n) is 4.16. The lowest BCUT2D eigenvalue weighted by molar-refractivity contribution is 0.499. The van der Waals surface area contributed by atoms with Gasteiger partial charge in [-0.2, -0.15) is 15.0 Å². The zero-order chi connectivity index (χ0) is 11.5. The Balaban J connectivity index is 2.27. The molecule has 1 heterocycles. The molecule has 84 valence electrons. The van der Waals surface area contributed by atoms with Crippen LogP contribution in [0.1, 0.15) is 25.6 Å². The summed E-state index contributed by atoms with van der Waals surface area (Å²) >= 11 is 0. The van der Waals surface area contributed by atoms with Crippen LogP contribution in [0.4, 0.5) is 0 Å². The monoisotopic (exact) mass is 216 g/mol. The maximum absolute atomic E-state index is 6.01. The minimum absolute atomic E-state index is 0.0579. The van der Waals surface area contributed by atoms with Crippen LogP contribution in [-0.2, 0) is 0 Å². The molecule has 0 amide bonds. The molecule has 0 bridgehead atoms. The van der Waals surface area contributed by atoms with Crippen molar-refractivity contribution in [3.8, 4) is 5.69 Å². The number of aromatic nitrogens is 3. The van der Waals surface area contributed by atoms with E-state index < -0.39 is 0 Å². The molecule has 0 spiro atoms. The third kappa shape index (κ3) is 2.12. The van der Waals surface area contributed by atoms with Crippen LogP contribution in [0.15, 0.2) is 36.5 Å². The van der Waals surface area contributed by atoms with Gasteiger partial charge in [-0.1, -0.05) is 32.0 Å². The van der Waals surface area contributed by atoms with Gasteiger partial charge in [0, 0.05) is 0 Å². The van der Waals surface area contributed by atoms with Gasteiger partial charge in [-0.25, -0.2) is 0 Å². The van der Waals surface area contributed by atoms with Gasteiger partial charge in [-0.3, -0.25) is 0 Å². The molecule has 4 nitrogen and oxygen atoms in total. The normalized spacial score (nSPS) is 13.0. The molecule has 2 aromatic rings. The summed E-state index contributed by atoms with van der Waals surface area (Å²) in [6.45, 7) is 4.15. The number of nitrogens with two attached hydrogens (primary N) is 1. The Kier molecular flexibility index (Phi) is 3.01. The number of hydrogen-bond donors (Lipinski definition) is 1. The minimum atomic E-state index is -0.0579. The molecule has 0 aliphatic rings. The minimum Gasteiger partial charge on any atom is -0.322 e. The van der Waals surface area contributed by atoms with Crippen molar-refractivity contribution in [3.05, 3.63) is 42.2 Å². The van der Waals surface area contributed by atoms with E-state index in [4.69, 9.17) is 5.73 Å². The summed E-state index contributed by atoms with van der Waals surface area (Å²) < 4.78 is 0. The summed E-state index contributed by atoms with van der Waals surface area (Å²) in [4.78, 5) is 1.61. The van der Waals surface area contributed by atoms with Gasteiger partial charge in [-0.05, 0) is 18.1 Å². The van der Waals surface area contributed by atoms with Crippen molar-refractivity contribution in [1.29, 1.82) is 0 Å². The van der Waals surface area contributed by atoms with Gasteiger partial charge in [0.05, 0.1) is 17.9 Å². The maximum atomic E-state index is 6.01. The van der Waals surface area contributed by atoms with Crippen LogP contribution < -0.4 is 5.73 Å². The second kappa shape index (κ2) is 4.45. The molecular formula is C12H16N4. The maximum Gasteiger partial charge on any atom is 0.100 e. The average Bonchev–Trinajstić information content (AvgIpc) is 2.78. The van der Waals surface area contributed by atoms with Crippen molar-refractivity contribution >= 4 is 0 Å². The Hall–Kier alpha value is -1.68. The molecule has 0 saturated carbocycles. The van der Waals surface area contributed by atoms with Gasteiger partial charge in [-0.15, -0.1) is 0 Å². The predicted molar refractivity (Wildman–Crippen MR) is 63.1 cm³/mol. The van der Waals surface area contributed by atoms with E-state index >= 15 is 0 Å². The molecule has 0 saturated heterocycles. The van der Waals surface area contributed by atoms with E-state index in [1.54, 1.807) is 11.0 Å². The van der Waals surface area contributed by atoms with Gasteiger partial charge >= 0.3 is 0 Å². The third-order valence-electron chi connectivity index (χ3n) is 2.56. The molecule has 1 aromatic heterocycles. The number of hydrogen-bond acceptors (Lipinski definition) is 3. The molecule has 0 fully saturated rings. The lowest BCUT2D eigenvalue weighted by Crippen LogP contribution is -2.17. The van der Waals surface area contributed by atoms with Crippen LogP contribution in [0.2, 0.25) is 0 Å². The van der Waals surface area contributed by atoms with Crippen molar-refractivity contribution in [3.63, 3.8) is 0 Å². The highest BCUT2D eigenvalue weighted by atomic mass is 15.5. The fourth-order valence-corrected chi connectivity index (χ4v) is 1.45. The molecule has 2 N–H and O–H groups in total. The highest BCUT2D eigenvalue weighted by molar-refractivity contribution is 5.28. The number of nitrogens with zero attached hydrogens (tertiary/aromatic N) is 3. The van der Waals surface area contributed by atoms with Crippen LogP contribution in [0.5, 0.6) is 0 Å². The van der Waals surface area contributed by atoms with Crippen LogP contribution in [-0.4, -0.2) is 15.0 Å². The topological polar surface area (TPSA) is 56.7 Å². The highest BCUT2D eigenvalue weighted by Gasteiger charge is 2.14. The molecule has 0 aliphatic heterocycles. The van der Waals surface area contributed by atoms with Crippen molar-refractivity contribution < 1.29 is 0 Å². The number of para-hydroxylation sites is 1. The summed E-state index contributed by atoms with van der Waals surface area (Å²) in [6, 6.07) is 9.75. The SMILES string of the molecule is CC(C)C(N)c1cnn(-c2ccccc2)n1. The molecule has 0 radical (unpaired) electrons. The molecule has 2 rings (SSSR count). The van der Waals surface area contributed by atoms with Crippen molar-refractivity contribution in [2.24, 2.45) is 11.7 Å². The molecule has 4 heteroatoms. The van der Waals surface area contributed by atoms with E-state index in [2.05, 4.69) is 24.0 Å². The Bertz CT molecular complexity index is 447. The van der Waals surface area contributed by atoms with E-state index in [-0.39, 0.29) is 6.04 Å². The van der Waals surface area contributed by atoms with E-state index in [9.17, 15) is 0 Å². The van der Waals surface area contributed by atoms with E-state index in [0.717, 1.165) is 11.4 Å². The van der Waals surface area contributed by atoms with Crippen LogP contribution in [0, 0.1) is 5.92 Å². The smallest absolute Gasteiger partial charge is 0.100 e. The zero-order valence-corrected chi connectivity index (χ0v) is 9.54. The third-order valence-corrected chi connectivity index (χ3v) is 2.56. The van der Waals surface area contributed by atoms with Crippen LogP contribution in [0.3, 0.4) is 0 Å². The quantitative estimate of drug-likeness (QED) is 0.852. The van der Waals surface area contributed by atoms with Crippen molar-refractivity contribution in [2.75, 3.05) is 0 Å². The van der Waals surface area contributed by atoms with E-state index in [1.807, 2.05) is 30.3 Å². The first-order valence-corrected chi connectivity index (χ1v) is 5.41. The average molecular weight is 216 g/mol. The van der Waals surface area contributed by atoms with Crippen molar-refractivity contribution in [1.82, 2.24) is 15.0 Å². The Morgan fingerprint density at radius 1 is 1.19 bits per heavy atom. The second-order valence-corrected chi connectivity index (χ2v) is 4.16. The first kappa shape index (κ1) is 10.8. The Morgan fingerprint density at radius 2 is 1.88 bits per heavy atom. The summed E-state index contributed by atoms with van der Waals surface area (Å²) in [6.07, 6.45) is 1.73. The van der Waals surface area contributed by atoms with Gasteiger partial charge in [0.2, 0.25) is 0 Å². The molecule has 1 aromatic carbocycles. The van der Waals surface area contributed by atoms with Gasteiger partial charge < -0.3 is 5.73 Å². The summed E-state index contributed by atoms with van der Waals surface area (Å²) in [5.41, 5.74) is 7.79. The number of rotatable bonds is 3. The number of benzene rings is 1. The van der Waals surface area contributed by atoms with E-state index in [1.165, 1.54) is 0 Å². The molecule has 1 unspecified atom stereocenters. The van der Waals surface area contributed by atoms with E-state index in [0.29, 0.717) is 5.92 Å². The molecule has 1 atom stereocenters. The fraction of sp³-hybridized carbons (Fsp3) is 0.333. The largest absolute Gasteiger partial charge is 0.322 e. The lowest BCUT2D eigenvalue weighted by Gasteiger charge is -2.11. The Morgan fingerprint density at radius 3 is 2.50 bits per heavy atom. The van der Waals surface area contributed by atoms with Crippen LogP contribution in [0.25, 0.3) is 5.69 Å². The summed E-state index contributed by atoms with van der Waals surface area (Å²) in [5, 5.41) is 8.60. The van der Waals surface area contributed by atoms with Crippen LogP contribution >= 0.6 is 0 Å². The summed E-state index contributed by atoms with van der Waals surface area (Å²) in [5.74, 6) is 0.362. The van der Waals surface area contributed by atoms with Gasteiger partial charge in [0.25, 0.3) is 0 Å². The first-order chi connectivity index (χ1) is 7.68. The lowest BCUT2D eigenvalue weighted by atomic mass is 10.0. The first-order valence-electron chi connectivity index (χ1n) is 5.41. The highest BCUT2D eigenvalue weighted by Crippen LogP contribution is 2.16. The molecule has 16 heavy (non-hydrogen) atoms. The molecular weight excluding hydrogens is 200 g/mol. The Labute approximate surface area is 95.1 Å². The predicted octanol–water partition coefficient (Wildman–Crippen LogP) is 1.92. The summed E-state index contributed by atoms with van der Waals surface area (Å²) in [7, 11) is 0.